The van der Waals surface area contributed by atoms with Crippen molar-refractivity contribution in [3.63, 3.8) is 0 Å². The molecule has 3 rings (SSSR count). The van der Waals surface area contributed by atoms with E-state index in [1.807, 2.05) is 6.07 Å². The average molecular weight is 493 g/mol. The maximum Gasteiger partial charge on any atom is 0.511 e. The van der Waals surface area contributed by atoms with Crippen LogP contribution >= 0.6 is 23.2 Å². The molecular formula is C20H22Cl2O10. The molecular weight excluding hydrogens is 471 g/mol. The number of benzene rings is 1. The number of esters is 2. The molecule has 0 aromatic heterocycles. The Bertz CT molecular complexity index is 792. The molecule has 0 aliphatic carbocycles. The van der Waals surface area contributed by atoms with Crippen molar-refractivity contribution < 1.29 is 47.5 Å². The Morgan fingerprint density at radius 1 is 0.969 bits per heavy atom. The molecule has 0 N–H and O–H groups in total. The molecule has 32 heavy (non-hydrogen) atoms. The van der Waals surface area contributed by atoms with Crippen LogP contribution in [0, 0.1) is 0 Å². The zero-order valence-corrected chi connectivity index (χ0v) is 18.5. The average Bonchev–Trinajstić information content (AvgIpc) is 2.80. The van der Waals surface area contributed by atoms with Gasteiger partial charge in [-0.3, -0.25) is 9.59 Å². The van der Waals surface area contributed by atoms with Crippen LogP contribution in [-0.4, -0.2) is 73.5 Å². The van der Waals surface area contributed by atoms with Crippen LogP contribution < -0.4 is 0 Å². The van der Waals surface area contributed by atoms with Gasteiger partial charge in [0.1, 0.15) is 30.6 Å². The molecule has 2 saturated heterocycles. The van der Waals surface area contributed by atoms with E-state index in [4.69, 9.17) is 56.4 Å². The fourth-order valence-corrected chi connectivity index (χ4v) is 3.36. The monoisotopic (exact) mass is 492 g/mol. The second-order valence-corrected chi connectivity index (χ2v) is 7.40. The minimum atomic E-state index is -1.49. The van der Waals surface area contributed by atoms with Crippen molar-refractivity contribution >= 4 is 41.3 Å². The summed E-state index contributed by atoms with van der Waals surface area (Å²) in [5.74, 6) is -2.59. The molecule has 12 heteroatoms. The number of hydrogen-bond donors (Lipinski definition) is 0. The molecule has 0 radical (unpaired) electrons. The highest BCUT2D eigenvalue weighted by molar-refractivity contribution is 6.26. The molecule has 0 bridgehead atoms. The molecule has 1 unspecified atom stereocenters. The Morgan fingerprint density at radius 2 is 1.62 bits per heavy atom. The highest BCUT2D eigenvalue weighted by atomic mass is 35.5. The molecule has 2 heterocycles. The van der Waals surface area contributed by atoms with Gasteiger partial charge in [0.2, 0.25) is 12.4 Å². The number of halogens is 2. The van der Waals surface area contributed by atoms with Gasteiger partial charge >= 0.3 is 18.1 Å². The highest BCUT2D eigenvalue weighted by Crippen LogP contribution is 2.33. The van der Waals surface area contributed by atoms with Crippen molar-refractivity contribution in [3.8, 4) is 0 Å². The van der Waals surface area contributed by atoms with Crippen LogP contribution in [0.15, 0.2) is 30.3 Å². The largest absolute Gasteiger partial charge is 0.511 e. The predicted molar refractivity (Wildman–Crippen MR) is 108 cm³/mol. The van der Waals surface area contributed by atoms with E-state index in [1.54, 1.807) is 31.2 Å². The summed E-state index contributed by atoms with van der Waals surface area (Å²) in [6.07, 6.45) is -7.47. The molecule has 0 amide bonds. The maximum atomic E-state index is 12.3. The molecule has 10 nitrogen and oxygen atoms in total. The molecule has 0 saturated carbocycles. The van der Waals surface area contributed by atoms with Crippen LogP contribution in [0.3, 0.4) is 0 Å². The lowest BCUT2D eigenvalue weighted by Crippen LogP contribution is -2.65. The number of rotatable bonds is 7. The molecule has 6 atom stereocenters. The van der Waals surface area contributed by atoms with Gasteiger partial charge in [-0.25, -0.2) is 4.79 Å². The third-order valence-corrected chi connectivity index (χ3v) is 5.04. The Labute approximate surface area is 193 Å². The summed E-state index contributed by atoms with van der Waals surface area (Å²) in [4.78, 5) is 36.2. The fraction of sp³-hybridized carbons (Fsp3) is 0.550. The molecule has 1 aromatic carbocycles. The van der Waals surface area contributed by atoms with Crippen LogP contribution in [0.25, 0.3) is 0 Å². The van der Waals surface area contributed by atoms with Crippen molar-refractivity contribution in [2.45, 2.75) is 50.5 Å². The standard InChI is InChI=1S/C20H22Cl2O10/c1-11-26-10-13-16(28-11)17(30-14(23)7-21)18(31-15(24)8-22)19(29-13)32-20(25)27-9-12-5-3-2-4-6-12/h2-6,11,13,16-19H,7-10H2,1H3/t11?,13-,16-,17+,18-,19+/m1/s1. The van der Waals surface area contributed by atoms with Crippen LogP contribution in [0.4, 0.5) is 4.79 Å². The van der Waals surface area contributed by atoms with Gasteiger partial charge in [-0.1, -0.05) is 30.3 Å². The first kappa shape index (κ1) is 24.5. The molecule has 176 valence electrons. The quantitative estimate of drug-likeness (QED) is 0.318. The second kappa shape index (κ2) is 11.7. The first-order valence-corrected chi connectivity index (χ1v) is 10.8. The van der Waals surface area contributed by atoms with Gasteiger partial charge in [-0.2, -0.15) is 0 Å². The minimum absolute atomic E-state index is 0.0514. The van der Waals surface area contributed by atoms with E-state index in [0.29, 0.717) is 0 Å². The number of alkyl halides is 2. The number of ether oxygens (including phenoxy) is 7. The Hall–Kier alpha value is -2.11. The number of fused-ring (bicyclic) bond motifs is 1. The van der Waals surface area contributed by atoms with E-state index in [-0.39, 0.29) is 13.2 Å². The SMILES string of the molecule is CC1OC[C@H]2O[C@@H](OC(=O)OCc3ccccc3)[C@H](OC(=O)CCl)[C@@H](OC(=O)CCl)[C@@H]2O1. The maximum absolute atomic E-state index is 12.3. The summed E-state index contributed by atoms with van der Waals surface area (Å²) in [7, 11) is 0. The molecule has 0 spiro atoms. The summed E-state index contributed by atoms with van der Waals surface area (Å²) in [5.41, 5.74) is 0.733. The van der Waals surface area contributed by atoms with Gasteiger partial charge in [0.15, 0.2) is 12.4 Å². The van der Waals surface area contributed by atoms with Crippen molar-refractivity contribution in [2.75, 3.05) is 18.4 Å². The van der Waals surface area contributed by atoms with E-state index in [1.165, 1.54) is 0 Å². The van der Waals surface area contributed by atoms with E-state index in [0.717, 1.165) is 5.56 Å². The minimum Gasteiger partial charge on any atom is -0.454 e. The van der Waals surface area contributed by atoms with Crippen molar-refractivity contribution in [2.24, 2.45) is 0 Å². The predicted octanol–water partition coefficient (Wildman–Crippen LogP) is 2.13. The molecule has 2 fully saturated rings. The van der Waals surface area contributed by atoms with Crippen LogP contribution in [0.5, 0.6) is 0 Å². The number of carbonyl (C=O) groups excluding carboxylic acids is 3. The zero-order chi connectivity index (χ0) is 23.1. The molecule has 2 aliphatic rings. The third kappa shape index (κ3) is 6.46. The van der Waals surface area contributed by atoms with Gasteiger partial charge in [0.25, 0.3) is 0 Å². The summed E-state index contributed by atoms with van der Waals surface area (Å²) < 4.78 is 37.9. The van der Waals surface area contributed by atoms with E-state index in [9.17, 15) is 14.4 Å². The summed E-state index contributed by atoms with van der Waals surface area (Å²) in [6, 6.07) is 8.92. The zero-order valence-electron chi connectivity index (χ0n) is 17.0. The van der Waals surface area contributed by atoms with Gasteiger partial charge in [0, 0.05) is 0 Å². The molecule has 1 aromatic rings. The lowest BCUT2D eigenvalue weighted by molar-refractivity contribution is -0.350. The summed E-state index contributed by atoms with van der Waals surface area (Å²) in [5, 5.41) is 0. The number of hydrogen-bond acceptors (Lipinski definition) is 10. The summed E-state index contributed by atoms with van der Waals surface area (Å²) >= 11 is 11.1. The fourth-order valence-electron chi connectivity index (χ4n) is 3.23. The van der Waals surface area contributed by atoms with Crippen LogP contribution in [-0.2, 0) is 49.4 Å². The van der Waals surface area contributed by atoms with E-state index in [2.05, 4.69) is 0 Å². The summed E-state index contributed by atoms with van der Waals surface area (Å²) in [6.45, 7) is 1.63. The highest BCUT2D eigenvalue weighted by Gasteiger charge is 2.54. The first-order chi connectivity index (χ1) is 15.4. The van der Waals surface area contributed by atoms with E-state index < -0.39 is 66.8 Å². The normalized spacial score (nSPS) is 29.3. The van der Waals surface area contributed by atoms with Gasteiger partial charge in [0.05, 0.1) is 6.61 Å². The van der Waals surface area contributed by atoms with Crippen molar-refractivity contribution in [1.29, 1.82) is 0 Å². The van der Waals surface area contributed by atoms with Gasteiger partial charge in [-0.05, 0) is 12.5 Å². The molecule has 2 aliphatic heterocycles. The van der Waals surface area contributed by atoms with Crippen molar-refractivity contribution in [3.05, 3.63) is 35.9 Å². The Kier molecular flexibility index (Phi) is 8.94. The van der Waals surface area contributed by atoms with Gasteiger partial charge < -0.3 is 33.2 Å². The second-order valence-electron chi connectivity index (χ2n) is 6.86. The van der Waals surface area contributed by atoms with E-state index >= 15 is 0 Å². The van der Waals surface area contributed by atoms with Crippen molar-refractivity contribution in [1.82, 2.24) is 0 Å². The topological polar surface area (TPSA) is 116 Å². The lowest BCUT2D eigenvalue weighted by Gasteiger charge is -2.47. The van der Waals surface area contributed by atoms with Gasteiger partial charge in [-0.15, -0.1) is 23.2 Å². The first-order valence-electron chi connectivity index (χ1n) is 9.72. The third-order valence-electron chi connectivity index (χ3n) is 4.60. The van der Waals surface area contributed by atoms with Crippen LogP contribution in [0.2, 0.25) is 0 Å². The number of carbonyl (C=O) groups is 3. The Morgan fingerprint density at radius 3 is 2.28 bits per heavy atom. The smallest absolute Gasteiger partial charge is 0.454 e. The van der Waals surface area contributed by atoms with Crippen LogP contribution in [0.1, 0.15) is 12.5 Å². The lowest BCUT2D eigenvalue weighted by atomic mass is 9.97. The Balaban J connectivity index is 1.77.